The van der Waals surface area contributed by atoms with Gasteiger partial charge in [-0.05, 0) is 31.2 Å². The number of esters is 1. The number of hydrogen-bond donors (Lipinski definition) is 0. The second-order valence-corrected chi connectivity index (χ2v) is 3.73. The molecule has 0 unspecified atom stereocenters. The fourth-order valence-electron chi connectivity index (χ4n) is 1.42. The van der Waals surface area contributed by atoms with Crippen molar-refractivity contribution < 1.29 is 18.7 Å². The molecule has 0 atom stereocenters. The molecule has 18 heavy (non-hydrogen) atoms. The van der Waals surface area contributed by atoms with Gasteiger partial charge in [-0.15, -0.1) is 0 Å². The molecule has 0 radical (unpaired) electrons. The molecule has 0 bridgehead atoms. The molecule has 0 saturated heterocycles. The van der Waals surface area contributed by atoms with Gasteiger partial charge >= 0.3 is 5.97 Å². The monoisotopic (exact) mass is 253 g/mol. The van der Waals surface area contributed by atoms with Gasteiger partial charge in [0.05, 0.1) is 13.0 Å². The second kappa shape index (κ2) is 6.74. The summed E-state index contributed by atoms with van der Waals surface area (Å²) in [6, 6.07) is 5.59. The van der Waals surface area contributed by atoms with Crippen LogP contribution in [0.3, 0.4) is 0 Å². The largest absolute Gasteiger partial charge is 0.466 e. The van der Waals surface area contributed by atoms with Crippen LogP contribution in [0.5, 0.6) is 0 Å². The molecule has 0 aliphatic rings. The molecule has 0 aliphatic heterocycles. The number of carbonyl (C=O) groups is 2. The van der Waals surface area contributed by atoms with Crippen LogP contribution in [0.25, 0.3) is 0 Å². The molecule has 1 aromatic carbocycles. The van der Waals surface area contributed by atoms with Gasteiger partial charge in [0.2, 0.25) is 5.91 Å². The van der Waals surface area contributed by atoms with Crippen LogP contribution < -0.4 is 4.90 Å². The minimum Gasteiger partial charge on any atom is -0.466 e. The average molecular weight is 253 g/mol. The maximum absolute atomic E-state index is 12.7. The van der Waals surface area contributed by atoms with Crippen LogP contribution in [-0.4, -0.2) is 25.5 Å². The van der Waals surface area contributed by atoms with E-state index in [1.54, 1.807) is 14.0 Å². The number of rotatable bonds is 5. The molecule has 1 amide bonds. The second-order valence-electron chi connectivity index (χ2n) is 3.73. The lowest BCUT2D eigenvalue weighted by Gasteiger charge is -2.16. The fourth-order valence-corrected chi connectivity index (χ4v) is 1.42. The maximum Gasteiger partial charge on any atom is 0.306 e. The highest BCUT2D eigenvalue weighted by Gasteiger charge is 2.13. The summed E-state index contributed by atoms with van der Waals surface area (Å²) in [6.45, 7) is 2.02. The van der Waals surface area contributed by atoms with Gasteiger partial charge in [-0.25, -0.2) is 4.39 Å². The molecule has 0 saturated carbocycles. The molecule has 0 heterocycles. The number of carbonyl (C=O) groups excluding carboxylic acids is 2. The molecule has 98 valence electrons. The van der Waals surface area contributed by atoms with Crippen molar-refractivity contribution in [1.82, 2.24) is 0 Å². The Morgan fingerprint density at radius 1 is 1.22 bits per heavy atom. The number of amides is 1. The first-order valence-corrected chi connectivity index (χ1v) is 5.72. The lowest BCUT2D eigenvalue weighted by molar-refractivity contribution is -0.144. The number of ether oxygens (including phenoxy) is 1. The van der Waals surface area contributed by atoms with E-state index >= 15 is 0 Å². The van der Waals surface area contributed by atoms with Crippen LogP contribution in [0.2, 0.25) is 0 Å². The smallest absolute Gasteiger partial charge is 0.306 e. The first-order valence-electron chi connectivity index (χ1n) is 5.72. The highest BCUT2D eigenvalue weighted by Crippen LogP contribution is 2.14. The summed E-state index contributed by atoms with van der Waals surface area (Å²) in [6.07, 6.45) is 0.130. The van der Waals surface area contributed by atoms with Gasteiger partial charge in [0, 0.05) is 19.2 Å². The number of nitrogens with zero attached hydrogens (tertiary/aromatic N) is 1. The molecule has 5 heteroatoms. The fraction of sp³-hybridized carbons (Fsp3) is 0.385. The highest BCUT2D eigenvalue weighted by atomic mass is 19.1. The Bertz CT molecular complexity index is 417. The molecule has 0 aliphatic carbocycles. The van der Waals surface area contributed by atoms with Gasteiger partial charge in [0.1, 0.15) is 5.82 Å². The predicted octanol–water partition coefficient (Wildman–Crippen LogP) is 2.13. The number of hydrogen-bond acceptors (Lipinski definition) is 3. The zero-order valence-corrected chi connectivity index (χ0v) is 10.5. The minimum absolute atomic E-state index is 0.0538. The van der Waals surface area contributed by atoms with Crippen molar-refractivity contribution in [2.24, 2.45) is 0 Å². The van der Waals surface area contributed by atoms with E-state index < -0.39 is 5.97 Å². The van der Waals surface area contributed by atoms with Crippen molar-refractivity contribution in [3.63, 3.8) is 0 Å². The highest BCUT2D eigenvalue weighted by molar-refractivity contribution is 5.94. The Kier molecular flexibility index (Phi) is 5.30. The summed E-state index contributed by atoms with van der Waals surface area (Å²) in [5.74, 6) is -0.959. The van der Waals surface area contributed by atoms with Crippen LogP contribution in [0.1, 0.15) is 19.8 Å². The van der Waals surface area contributed by atoms with Crippen molar-refractivity contribution in [2.75, 3.05) is 18.6 Å². The standard InChI is InChI=1S/C13H16FNO3/c1-3-18-13(17)9-8-12(16)15(2)11-6-4-10(14)5-7-11/h4-7H,3,8-9H2,1-2H3. The normalized spacial score (nSPS) is 9.94. The Balaban J connectivity index is 2.51. The predicted molar refractivity (Wildman–Crippen MR) is 65.7 cm³/mol. The van der Waals surface area contributed by atoms with Crippen molar-refractivity contribution in [1.29, 1.82) is 0 Å². The first kappa shape index (κ1) is 14.2. The van der Waals surface area contributed by atoms with Gasteiger partial charge in [0.15, 0.2) is 0 Å². The minimum atomic E-state index is -0.390. The van der Waals surface area contributed by atoms with Crippen molar-refractivity contribution in [3.8, 4) is 0 Å². The van der Waals surface area contributed by atoms with Gasteiger partial charge in [-0.1, -0.05) is 0 Å². The van der Waals surface area contributed by atoms with E-state index in [1.165, 1.54) is 29.2 Å². The van der Waals surface area contributed by atoms with Crippen molar-refractivity contribution in [2.45, 2.75) is 19.8 Å². The zero-order valence-electron chi connectivity index (χ0n) is 10.5. The lowest BCUT2D eigenvalue weighted by Crippen LogP contribution is -2.26. The number of halogens is 1. The molecule has 0 N–H and O–H groups in total. The number of benzene rings is 1. The maximum atomic E-state index is 12.7. The topological polar surface area (TPSA) is 46.6 Å². The van der Waals surface area contributed by atoms with Gasteiger partial charge < -0.3 is 9.64 Å². The van der Waals surface area contributed by atoms with Crippen LogP contribution in [0, 0.1) is 5.82 Å². The van der Waals surface area contributed by atoms with E-state index in [1.807, 2.05) is 0 Å². The van der Waals surface area contributed by atoms with E-state index in [2.05, 4.69) is 0 Å². The first-order chi connectivity index (χ1) is 8.54. The molecule has 4 nitrogen and oxygen atoms in total. The third kappa shape index (κ3) is 4.16. The average Bonchev–Trinajstić information content (AvgIpc) is 2.36. The Labute approximate surface area is 105 Å². The van der Waals surface area contributed by atoms with Crippen LogP contribution in [0.15, 0.2) is 24.3 Å². The van der Waals surface area contributed by atoms with Gasteiger partial charge in [0.25, 0.3) is 0 Å². The molecular formula is C13H16FNO3. The molecular weight excluding hydrogens is 237 g/mol. The van der Waals surface area contributed by atoms with E-state index in [-0.39, 0.29) is 24.6 Å². The van der Waals surface area contributed by atoms with Gasteiger partial charge in [-0.3, -0.25) is 9.59 Å². The van der Waals surface area contributed by atoms with Crippen molar-refractivity contribution >= 4 is 17.6 Å². The Hall–Kier alpha value is -1.91. The van der Waals surface area contributed by atoms with Crippen molar-refractivity contribution in [3.05, 3.63) is 30.1 Å². The van der Waals surface area contributed by atoms with Crippen LogP contribution in [-0.2, 0) is 14.3 Å². The zero-order chi connectivity index (χ0) is 13.5. The summed E-state index contributed by atoms with van der Waals surface area (Å²) in [5, 5.41) is 0. The quantitative estimate of drug-likeness (QED) is 0.755. The summed E-state index contributed by atoms with van der Waals surface area (Å²) in [4.78, 5) is 24.3. The van der Waals surface area contributed by atoms with Crippen LogP contribution in [0.4, 0.5) is 10.1 Å². The van der Waals surface area contributed by atoms with E-state index in [0.29, 0.717) is 12.3 Å². The summed E-state index contributed by atoms with van der Waals surface area (Å²) < 4.78 is 17.5. The third-order valence-electron chi connectivity index (χ3n) is 2.44. The van der Waals surface area contributed by atoms with E-state index in [9.17, 15) is 14.0 Å². The molecule has 1 aromatic rings. The van der Waals surface area contributed by atoms with E-state index in [4.69, 9.17) is 4.74 Å². The number of anilines is 1. The third-order valence-corrected chi connectivity index (χ3v) is 2.44. The van der Waals surface area contributed by atoms with Gasteiger partial charge in [-0.2, -0.15) is 0 Å². The molecule has 0 aromatic heterocycles. The summed E-state index contributed by atoms with van der Waals surface area (Å²) in [7, 11) is 1.58. The molecule has 0 fully saturated rings. The Morgan fingerprint density at radius 3 is 2.39 bits per heavy atom. The van der Waals surface area contributed by atoms with Crippen LogP contribution >= 0.6 is 0 Å². The summed E-state index contributed by atoms with van der Waals surface area (Å²) >= 11 is 0. The molecule has 1 rings (SSSR count). The summed E-state index contributed by atoms with van der Waals surface area (Å²) in [5.41, 5.74) is 0.588. The van der Waals surface area contributed by atoms with E-state index in [0.717, 1.165) is 0 Å². The SMILES string of the molecule is CCOC(=O)CCC(=O)N(C)c1ccc(F)cc1. The molecule has 0 spiro atoms. The lowest BCUT2D eigenvalue weighted by atomic mass is 10.2. The Morgan fingerprint density at radius 2 is 1.83 bits per heavy atom.